The maximum Gasteiger partial charge on any atom is 0.139 e. The van der Waals surface area contributed by atoms with Crippen LogP contribution in [-0.2, 0) is 13.2 Å². The van der Waals surface area contributed by atoms with E-state index in [4.69, 9.17) is 27.9 Å². The highest BCUT2D eigenvalue weighted by Gasteiger charge is 2.20. The van der Waals surface area contributed by atoms with Gasteiger partial charge >= 0.3 is 0 Å². The quantitative estimate of drug-likeness (QED) is 0.780. The highest BCUT2D eigenvalue weighted by molar-refractivity contribution is 7.12. The van der Waals surface area contributed by atoms with Crippen LogP contribution in [0.3, 0.4) is 0 Å². The van der Waals surface area contributed by atoms with Gasteiger partial charge in [-0.2, -0.15) is 0 Å². The van der Waals surface area contributed by atoms with E-state index in [0.29, 0.717) is 22.4 Å². The molecule has 0 aliphatic heterocycles. The lowest BCUT2D eigenvalue weighted by Gasteiger charge is -2.08. The molecule has 1 fully saturated rings. The van der Waals surface area contributed by atoms with Crippen molar-refractivity contribution in [3.8, 4) is 5.75 Å². The number of aryl methyl sites for hydroxylation is 1. The zero-order chi connectivity index (χ0) is 14.8. The van der Waals surface area contributed by atoms with Gasteiger partial charge in [0.15, 0.2) is 0 Å². The molecule has 1 aliphatic carbocycles. The molecule has 0 saturated heterocycles. The minimum Gasteiger partial charge on any atom is -0.487 e. The third-order valence-electron chi connectivity index (χ3n) is 3.49. The molecule has 0 bridgehead atoms. The molecule has 3 rings (SSSR count). The van der Waals surface area contributed by atoms with Gasteiger partial charge in [0.1, 0.15) is 12.4 Å². The fraction of sp³-hybridized carbons (Fsp3) is 0.375. The standard InChI is InChI=1S/C16H17Cl2NOS/c1-10-11(6-14(21-10)8-19-13-3-4-13)9-20-16-7-12(17)2-5-15(16)18/h2,5-7,13,19H,3-4,8-9H2,1H3. The highest BCUT2D eigenvalue weighted by Crippen LogP contribution is 2.30. The maximum absolute atomic E-state index is 6.11. The predicted octanol–water partition coefficient (Wildman–Crippen LogP) is 5.19. The number of thiophene rings is 1. The topological polar surface area (TPSA) is 21.3 Å². The van der Waals surface area contributed by atoms with Gasteiger partial charge in [-0.1, -0.05) is 23.2 Å². The molecule has 1 aromatic carbocycles. The fourth-order valence-corrected chi connectivity index (χ4v) is 3.43. The highest BCUT2D eigenvalue weighted by atomic mass is 35.5. The van der Waals surface area contributed by atoms with Gasteiger partial charge in [-0.15, -0.1) is 11.3 Å². The van der Waals surface area contributed by atoms with Crippen molar-refractivity contribution in [2.75, 3.05) is 0 Å². The van der Waals surface area contributed by atoms with Crippen molar-refractivity contribution in [3.05, 3.63) is 49.6 Å². The van der Waals surface area contributed by atoms with Gasteiger partial charge in [0.2, 0.25) is 0 Å². The minimum absolute atomic E-state index is 0.520. The van der Waals surface area contributed by atoms with Crippen molar-refractivity contribution in [2.24, 2.45) is 0 Å². The summed E-state index contributed by atoms with van der Waals surface area (Å²) in [5, 5.41) is 4.75. The van der Waals surface area contributed by atoms with E-state index < -0.39 is 0 Å². The van der Waals surface area contributed by atoms with Gasteiger partial charge in [0.25, 0.3) is 0 Å². The zero-order valence-corrected chi connectivity index (χ0v) is 14.1. The minimum atomic E-state index is 0.520. The first kappa shape index (κ1) is 15.2. The molecule has 1 saturated carbocycles. The molecule has 21 heavy (non-hydrogen) atoms. The molecule has 0 radical (unpaired) electrons. The summed E-state index contributed by atoms with van der Waals surface area (Å²) in [4.78, 5) is 2.65. The van der Waals surface area contributed by atoms with Crippen LogP contribution in [0, 0.1) is 6.92 Å². The van der Waals surface area contributed by atoms with Gasteiger partial charge in [-0.25, -0.2) is 0 Å². The Kier molecular flexibility index (Phi) is 4.75. The summed E-state index contributed by atoms with van der Waals surface area (Å²) in [5.74, 6) is 0.632. The van der Waals surface area contributed by atoms with E-state index in [9.17, 15) is 0 Å². The first-order valence-corrected chi connectivity index (χ1v) is 8.58. The average molecular weight is 342 g/mol. The average Bonchev–Trinajstić information content (AvgIpc) is 3.22. The van der Waals surface area contributed by atoms with Crippen molar-refractivity contribution < 1.29 is 4.74 Å². The van der Waals surface area contributed by atoms with E-state index in [2.05, 4.69) is 18.3 Å². The lowest BCUT2D eigenvalue weighted by Crippen LogP contribution is -2.14. The molecule has 0 amide bonds. The molecule has 1 N–H and O–H groups in total. The molecule has 1 heterocycles. The second-order valence-electron chi connectivity index (χ2n) is 5.31. The molecule has 2 nitrogen and oxygen atoms in total. The Bertz CT molecular complexity index is 637. The summed E-state index contributed by atoms with van der Waals surface area (Å²) in [7, 11) is 0. The summed E-state index contributed by atoms with van der Waals surface area (Å²) in [6, 6.07) is 8.21. The normalized spacial score (nSPS) is 14.4. The van der Waals surface area contributed by atoms with Crippen molar-refractivity contribution >= 4 is 34.5 Å². The molecular formula is C16H17Cl2NOS. The second-order valence-corrected chi connectivity index (χ2v) is 7.50. The van der Waals surface area contributed by atoms with E-state index in [1.54, 1.807) is 18.2 Å². The van der Waals surface area contributed by atoms with Crippen molar-refractivity contribution in [3.63, 3.8) is 0 Å². The van der Waals surface area contributed by atoms with Crippen LogP contribution in [0.25, 0.3) is 0 Å². The molecule has 112 valence electrons. The Morgan fingerprint density at radius 3 is 2.86 bits per heavy atom. The summed E-state index contributed by atoms with van der Waals surface area (Å²) in [6.45, 7) is 3.60. The molecular weight excluding hydrogens is 325 g/mol. The van der Waals surface area contributed by atoms with Gasteiger partial charge in [-0.05, 0) is 38.0 Å². The van der Waals surface area contributed by atoms with Crippen LogP contribution in [-0.4, -0.2) is 6.04 Å². The molecule has 0 spiro atoms. The van der Waals surface area contributed by atoms with Crippen LogP contribution >= 0.6 is 34.5 Å². The summed E-state index contributed by atoms with van der Waals surface area (Å²) in [5.41, 5.74) is 1.21. The first-order chi connectivity index (χ1) is 10.1. The third-order valence-corrected chi connectivity index (χ3v) is 5.13. The Labute approximate surface area is 139 Å². The van der Waals surface area contributed by atoms with Crippen LogP contribution in [0.15, 0.2) is 24.3 Å². The summed E-state index contributed by atoms with van der Waals surface area (Å²) in [6.07, 6.45) is 2.63. The summed E-state index contributed by atoms with van der Waals surface area (Å²) < 4.78 is 5.81. The van der Waals surface area contributed by atoms with Crippen molar-refractivity contribution in [1.29, 1.82) is 0 Å². The molecule has 1 aromatic heterocycles. The number of nitrogens with one attached hydrogen (secondary N) is 1. The number of halogens is 2. The van der Waals surface area contributed by atoms with Gasteiger partial charge < -0.3 is 10.1 Å². The molecule has 0 unspecified atom stereocenters. The Hall–Kier alpha value is -0.740. The van der Waals surface area contributed by atoms with Crippen LogP contribution in [0.5, 0.6) is 5.75 Å². The Morgan fingerprint density at radius 2 is 2.10 bits per heavy atom. The first-order valence-electron chi connectivity index (χ1n) is 7.01. The largest absolute Gasteiger partial charge is 0.487 e. The molecule has 1 aliphatic rings. The van der Waals surface area contributed by atoms with E-state index in [-0.39, 0.29) is 0 Å². The van der Waals surface area contributed by atoms with E-state index in [1.807, 2.05) is 11.3 Å². The number of rotatable bonds is 6. The lowest BCUT2D eigenvalue weighted by atomic mass is 10.2. The number of hydrogen-bond donors (Lipinski definition) is 1. The summed E-state index contributed by atoms with van der Waals surface area (Å²) >= 11 is 13.9. The van der Waals surface area contributed by atoms with Crippen molar-refractivity contribution in [2.45, 2.75) is 39.0 Å². The van der Waals surface area contributed by atoms with Gasteiger partial charge in [-0.3, -0.25) is 0 Å². The fourth-order valence-electron chi connectivity index (χ4n) is 2.09. The van der Waals surface area contributed by atoms with Crippen molar-refractivity contribution in [1.82, 2.24) is 5.32 Å². The lowest BCUT2D eigenvalue weighted by molar-refractivity contribution is 0.306. The van der Waals surface area contributed by atoms with Gasteiger partial charge in [0, 0.05) is 39.0 Å². The van der Waals surface area contributed by atoms with Gasteiger partial charge in [0.05, 0.1) is 5.02 Å². The second kappa shape index (κ2) is 6.57. The van der Waals surface area contributed by atoms with E-state index in [0.717, 1.165) is 12.6 Å². The Morgan fingerprint density at radius 1 is 1.29 bits per heavy atom. The van der Waals surface area contributed by atoms with E-state index in [1.165, 1.54) is 28.2 Å². The SMILES string of the molecule is Cc1sc(CNC2CC2)cc1COc1cc(Cl)ccc1Cl. The maximum atomic E-state index is 6.11. The third kappa shape index (κ3) is 4.13. The smallest absolute Gasteiger partial charge is 0.139 e. The molecule has 0 atom stereocenters. The molecule has 2 aromatic rings. The number of benzene rings is 1. The van der Waals surface area contributed by atoms with Crippen LogP contribution < -0.4 is 10.1 Å². The van der Waals surface area contributed by atoms with Crippen LogP contribution in [0.1, 0.15) is 28.2 Å². The Balaban J connectivity index is 1.62. The zero-order valence-electron chi connectivity index (χ0n) is 11.8. The van der Waals surface area contributed by atoms with Crippen LogP contribution in [0.4, 0.5) is 0 Å². The predicted molar refractivity (Wildman–Crippen MR) is 89.7 cm³/mol. The van der Waals surface area contributed by atoms with E-state index >= 15 is 0 Å². The number of ether oxygens (including phenoxy) is 1. The van der Waals surface area contributed by atoms with Crippen LogP contribution in [0.2, 0.25) is 10.0 Å². The monoisotopic (exact) mass is 341 g/mol. The number of hydrogen-bond acceptors (Lipinski definition) is 3. The molecule has 5 heteroatoms.